The second-order valence-corrected chi connectivity index (χ2v) is 6.36. The van der Waals surface area contributed by atoms with E-state index in [1.807, 2.05) is 30.0 Å². The van der Waals surface area contributed by atoms with Gasteiger partial charge in [0.05, 0.1) is 0 Å². The molecule has 0 atom stereocenters. The third-order valence-corrected chi connectivity index (χ3v) is 4.96. The van der Waals surface area contributed by atoms with E-state index < -0.39 is 0 Å². The first-order valence-corrected chi connectivity index (χ1v) is 8.56. The molecule has 3 aromatic carbocycles. The van der Waals surface area contributed by atoms with E-state index in [1.54, 1.807) is 0 Å². The van der Waals surface area contributed by atoms with Crippen LogP contribution in [-0.2, 0) is 5.75 Å². The highest BCUT2D eigenvalue weighted by molar-refractivity contribution is 7.98. The van der Waals surface area contributed by atoms with E-state index in [0.29, 0.717) is 0 Å². The molecule has 23 heavy (non-hydrogen) atoms. The number of furan rings is 1. The van der Waals surface area contributed by atoms with Crippen LogP contribution < -0.4 is 0 Å². The van der Waals surface area contributed by atoms with E-state index in [0.717, 1.165) is 22.3 Å². The molecule has 1 nitrogen and oxygen atoms in total. The third-order valence-electron chi connectivity index (χ3n) is 3.81. The Kier molecular flexibility index (Phi) is 3.91. The van der Waals surface area contributed by atoms with E-state index in [2.05, 4.69) is 66.9 Å². The van der Waals surface area contributed by atoms with Crippen LogP contribution in [0.4, 0.5) is 0 Å². The van der Waals surface area contributed by atoms with Crippen molar-refractivity contribution in [1.82, 2.24) is 0 Å². The first-order valence-electron chi connectivity index (χ1n) is 7.57. The van der Waals surface area contributed by atoms with Gasteiger partial charge in [0.25, 0.3) is 0 Å². The summed E-state index contributed by atoms with van der Waals surface area (Å²) < 4.78 is 5.59. The van der Waals surface area contributed by atoms with Gasteiger partial charge in [-0.3, -0.25) is 0 Å². The summed E-state index contributed by atoms with van der Waals surface area (Å²) in [4.78, 5) is 1.25. The first-order chi connectivity index (χ1) is 11.4. The molecular weight excluding hydrogens is 300 g/mol. The molecule has 1 aromatic heterocycles. The van der Waals surface area contributed by atoms with Crippen LogP contribution in [0.25, 0.3) is 22.1 Å². The van der Waals surface area contributed by atoms with Crippen LogP contribution in [0, 0.1) is 6.26 Å². The lowest BCUT2D eigenvalue weighted by molar-refractivity contribution is 0.607. The molecule has 0 bridgehead atoms. The molecule has 0 amide bonds. The normalized spacial score (nSPS) is 11.0. The van der Waals surface area contributed by atoms with Gasteiger partial charge in [-0.2, -0.15) is 0 Å². The summed E-state index contributed by atoms with van der Waals surface area (Å²) in [6.45, 7) is 0. The zero-order chi connectivity index (χ0) is 15.5. The largest absolute Gasteiger partial charge is 0.452 e. The molecule has 0 spiro atoms. The van der Waals surface area contributed by atoms with Gasteiger partial charge in [0.1, 0.15) is 5.58 Å². The molecule has 0 unspecified atom stereocenters. The van der Waals surface area contributed by atoms with Crippen molar-refractivity contribution in [3.05, 3.63) is 90.7 Å². The van der Waals surface area contributed by atoms with Crippen molar-refractivity contribution in [2.24, 2.45) is 0 Å². The fourth-order valence-electron chi connectivity index (χ4n) is 2.66. The summed E-state index contributed by atoms with van der Waals surface area (Å²) in [7, 11) is 0. The number of thioether (sulfide) groups is 1. The minimum Gasteiger partial charge on any atom is -0.452 e. The molecule has 4 aromatic rings. The van der Waals surface area contributed by atoms with Crippen molar-refractivity contribution in [3.63, 3.8) is 0 Å². The van der Waals surface area contributed by atoms with Crippen LogP contribution in [0.2, 0.25) is 0 Å². The quantitative estimate of drug-likeness (QED) is 0.416. The summed E-state index contributed by atoms with van der Waals surface area (Å²) >= 11 is 1.85. The van der Waals surface area contributed by atoms with Crippen molar-refractivity contribution < 1.29 is 4.42 Å². The van der Waals surface area contributed by atoms with E-state index in [-0.39, 0.29) is 0 Å². The first kappa shape index (κ1) is 14.2. The number of para-hydroxylation sites is 1. The predicted molar refractivity (Wildman–Crippen MR) is 96.5 cm³/mol. The molecule has 0 fully saturated rings. The fourth-order valence-corrected chi connectivity index (χ4v) is 3.67. The summed E-state index contributed by atoms with van der Waals surface area (Å²) in [5, 5.41) is 1.11. The zero-order valence-corrected chi connectivity index (χ0v) is 13.3. The number of hydrogen-bond donors (Lipinski definition) is 0. The van der Waals surface area contributed by atoms with E-state index in [1.165, 1.54) is 16.0 Å². The number of hydrogen-bond acceptors (Lipinski definition) is 2. The Morgan fingerprint density at radius 1 is 0.783 bits per heavy atom. The molecule has 0 saturated carbocycles. The molecule has 1 heterocycles. The van der Waals surface area contributed by atoms with Crippen LogP contribution in [0.1, 0.15) is 5.56 Å². The number of rotatable bonds is 4. The third kappa shape index (κ3) is 2.90. The second kappa shape index (κ2) is 6.35. The molecule has 0 saturated heterocycles. The van der Waals surface area contributed by atoms with Gasteiger partial charge in [-0.05, 0) is 23.3 Å². The summed E-state index contributed by atoms with van der Waals surface area (Å²) in [6.07, 6.45) is 3.08. The van der Waals surface area contributed by atoms with Gasteiger partial charge in [-0.15, -0.1) is 11.8 Å². The van der Waals surface area contributed by atoms with Gasteiger partial charge >= 0.3 is 0 Å². The Labute approximate surface area is 140 Å². The Morgan fingerprint density at radius 3 is 2.43 bits per heavy atom. The van der Waals surface area contributed by atoms with Crippen LogP contribution >= 0.6 is 11.8 Å². The van der Waals surface area contributed by atoms with E-state index in [9.17, 15) is 0 Å². The van der Waals surface area contributed by atoms with Crippen molar-refractivity contribution in [2.45, 2.75) is 10.6 Å². The molecule has 0 N–H and O–H groups in total. The maximum atomic E-state index is 5.59. The molecule has 0 aliphatic rings. The lowest BCUT2D eigenvalue weighted by Crippen LogP contribution is -1.84. The fraction of sp³-hybridized carbons (Fsp3) is 0.0476. The zero-order valence-electron chi connectivity index (χ0n) is 12.5. The highest BCUT2D eigenvalue weighted by Crippen LogP contribution is 2.37. The molecule has 1 radical (unpaired) electrons. The van der Waals surface area contributed by atoms with Crippen LogP contribution in [-0.4, -0.2) is 0 Å². The molecule has 111 valence electrons. The van der Waals surface area contributed by atoms with Gasteiger partial charge in [-0.25, -0.2) is 0 Å². The topological polar surface area (TPSA) is 13.1 Å². The molecule has 0 aliphatic heterocycles. The second-order valence-electron chi connectivity index (χ2n) is 5.35. The Morgan fingerprint density at radius 2 is 1.52 bits per heavy atom. The Hall–Kier alpha value is -2.45. The Balaban J connectivity index is 1.70. The van der Waals surface area contributed by atoms with Gasteiger partial charge in [0, 0.05) is 21.6 Å². The van der Waals surface area contributed by atoms with Crippen molar-refractivity contribution in [1.29, 1.82) is 0 Å². The highest BCUT2D eigenvalue weighted by atomic mass is 32.2. The predicted octanol–water partition coefficient (Wildman–Crippen LogP) is 6.19. The standard InChI is InChI=1S/C21H15OS/c1-2-8-16(9-3-1)15-23-21-13-7-5-11-18(21)19-14-22-20-12-6-4-10-17(19)20/h1-13H,15H2. The maximum Gasteiger partial charge on any atom is 0.179 e. The smallest absolute Gasteiger partial charge is 0.179 e. The SMILES string of the molecule is [c]1oc2ccccc2c1-c1ccccc1SCc1ccccc1. The monoisotopic (exact) mass is 315 g/mol. The molecule has 4 rings (SSSR count). The average molecular weight is 315 g/mol. The average Bonchev–Trinajstić information content (AvgIpc) is 3.05. The maximum absolute atomic E-state index is 5.59. The highest BCUT2D eigenvalue weighted by Gasteiger charge is 2.12. The van der Waals surface area contributed by atoms with Gasteiger partial charge in [0.2, 0.25) is 0 Å². The van der Waals surface area contributed by atoms with Gasteiger partial charge in [-0.1, -0.05) is 66.7 Å². The van der Waals surface area contributed by atoms with E-state index >= 15 is 0 Å². The molecule has 2 heteroatoms. The van der Waals surface area contributed by atoms with Crippen LogP contribution in [0.15, 0.2) is 88.2 Å². The van der Waals surface area contributed by atoms with Crippen LogP contribution in [0.3, 0.4) is 0 Å². The lowest BCUT2D eigenvalue weighted by atomic mass is 10.1. The molecule has 0 aliphatic carbocycles. The van der Waals surface area contributed by atoms with Crippen molar-refractivity contribution >= 4 is 22.7 Å². The minimum atomic E-state index is 0.880. The van der Waals surface area contributed by atoms with Gasteiger partial charge in [0.15, 0.2) is 6.26 Å². The van der Waals surface area contributed by atoms with Crippen LogP contribution in [0.5, 0.6) is 0 Å². The summed E-state index contributed by atoms with van der Waals surface area (Å²) in [6, 6.07) is 27.1. The molecular formula is C21H15OS. The summed E-state index contributed by atoms with van der Waals surface area (Å²) in [5.74, 6) is 0.952. The number of fused-ring (bicyclic) bond motifs is 1. The summed E-state index contributed by atoms with van der Waals surface area (Å²) in [5.41, 5.74) is 4.42. The van der Waals surface area contributed by atoms with Crippen molar-refractivity contribution in [2.75, 3.05) is 0 Å². The lowest BCUT2D eigenvalue weighted by Gasteiger charge is -2.08. The van der Waals surface area contributed by atoms with E-state index in [4.69, 9.17) is 4.42 Å². The number of benzene rings is 3. The van der Waals surface area contributed by atoms with Gasteiger partial charge < -0.3 is 4.42 Å². The Bertz CT molecular complexity index is 925. The van der Waals surface area contributed by atoms with Crippen molar-refractivity contribution in [3.8, 4) is 11.1 Å². The minimum absolute atomic E-state index is 0.880.